The second kappa shape index (κ2) is 8.58. The number of alkyl halides is 1. The first kappa shape index (κ1) is 15.6. The Hall–Kier alpha value is -0.500. The molecule has 0 radical (unpaired) electrons. The van der Waals surface area contributed by atoms with Gasteiger partial charge in [-0.15, -0.1) is 11.6 Å². The van der Waals surface area contributed by atoms with Crippen LogP contribution in [0.15, 0.2) is 30.3 Å². The summed E-state index contributed by atoms with van der Waals surface area (Å²) in [7, 11) is -3.21. The molecule has 0 heterocycles. The van der Waals surface area contributed by atoms with Gasteiger partial charge in [-0.25, -0.2) is 4.57 Å². The lowest BCUT2D eigenvalue weighted by Crippen LogP contribution is -2.01. The molecule has 0 spiro atoms. The van der Waals surface area contributed by atoms with Gasteiger partial charge in [0.2, 0.25) is 0 Å². The fourth-order valence-corrected chi connectivity index (χ4v) is 2.83. The average Bonchev–Trinajstić information content (AvgIpc) is 2.40. The lowest BCUT2D eigenvalue weighted by atomic mass is 10.2. The SMILES string of the molecule is CCCCCCO[P@@](=O)(CCl)Oc1ccccc1. The minimum atomic E-state index is -3.21. The molecule has 1 aromatic rings. The van der Waals surface area contributed by atoms with Crippen LogP contribution in [-0.4, -0.2) is 12.2 Å². The van der Waals surface area contributed by atoms with Gasteiger partial charge in [-0.3, -0.25) is 4.52 Å². The number of unbranched alkanes of at least 4 members (excludes halogenated alkanes) is 3. The summed E-state index contributed by atoms with van der Waals surface area (Å²) < 4.78 is 22.9. The first-order valence-corrected chi connectivity index (χ1v) is 8.50. The minimum absolute atomic E-state index is 0.129. The van der Waals surface area contributed by atoms with Crippen molar-refractivity contribution in [3.05, 3.63) is 30.3 Å². The minimum Gasteiger partial charge on any atom is -0.424 e. The predicted octanol–water partition coefficient (Wildman–Crippen LogP) is 5.05. The molecule has 0 fully saturated rings. The molecule has 0 aromatic heterocycles. The summed E-state index contributed by atoms with van der Waals surface area (Å²) >= 11 is 5.69. The number of para-hydroxylation sites is 1. The Morgan fingerprint density at radius 3 is 2.50 bits per heavy atom. The zero-order chi connectivity index (χ0) is 13.3. The van der Waals surface area contributed by atoms with E-state index in [-0.39, 0.29) is 5.62 Å². The van der Waals surface area contributed by atoms with Crippen molar-refractivity contribution in [2.24, 2.45) is 0 Å². The highest BCUT2D eigenvalue weighted by atomic mass is 35.5. The molecule has 0 bridgehead atoms. The van der Waals surface area contributed by atoms with Gasteiger partial charge < -0.3 is 4.52 Å². The molecule has 0 aliphatic carbocycles. The van der Waals surface area contributed by atoms with Crippen molar-refractivity contribution in [3.8, 4) is 5.75 Å². The first-order chi connectivity index (χ1) is 8.70. The number of rotatable bonds is 9. The highest BCUT2D eigenvalue weighted by Crippen LogP contribution is 2.49. The van der Waals surface area contributed by atoms with Crippen LogP contribution in [0.25, 0.3) is 0 Å². The van der Waals surface area contributed by atoms with Crippen molar-refractivity contribution in [1.29, 1.82) is 0 Å². The molecule has 3 nitrogen and oxygen atoms in total. The van der Waals surface area contributed by atoms with Crippen LogP contribution in [0.5, 0.6) is 5.75 Å². The summed E-state index contributed by atoms with van der Waals surface area (Å²) in [4.78, 5) is 0. The maximum atomic E-state index is 12.2. The van der Waals surface area contributed by atoms with E-state index in [0.717, 1.165) is 25.7 Å². The van der Waals surface area contributed by atoms with Crippen LogP contribution >= 0.6 is 19.2 Å². The Bertz CT molecular complexity index is 370. The van der Waals surface area contributed by atoms with Crippen LogP contribution in [0.3, 0.4) is 0 Å². The first-order valence-electron chi connectivity index (χ1n) is 6.24. The molecule has 0 saturated carbocycles. The third-order valence-electron chi connectivity index (χ3n) is 2.42. The molecule has 102 valence electrons. The van der Waals surface area contributed by atoms with E-state index in [4.69, 9.17) is 20.6 Å². The van der Waals surface area contributed by atoms with Crippen molar-refractivity contribution in [2.75, 3.05) is 12.2 Å². The van der Waals surface area contributed by atoms with Crippen molar-refractivity contribution in [3.63, 3.8) is 0 Å². The normalized spacial score (nSPS) is 14.1. The Labute approximate surface area is 114 Å². The van der Waals surface area contributed by atoms with Gasteiger partial charge in [-0.2, -0.15) is 0 Å². The predicted molar refractivity (Wildman–Crippen MR) is 75.5 cm³/mol. The van der Waals surface area contributed by atoms with Gasteiger partial charge >= 0.3 is 7.60 Å². The smallest absolute Gasteiger partial charge is 0.393 e. The summed E-state index contributed by atoms with van der Waals surface area (Å²) in [6.45, 7) is 2.57. The Kier molecular flexibility index (Phi) is 7.41. The molecule has 1 rings (SSSR count). The van der Waals surface area contributed by atoms with E-state index < -0.39 is 7.60 Å². The lowest BCUT2D eigenvalue weighted by molar-refractivity contribution is 0.261. The van der Waals surface area contributed by atoms with Crippen LogP contribution in [0, 0.1) is 0 Å². The molecule has 0 saturated heterocycles. The summed E-state index contributed by atoms with van der Waals surface area (Å²) in [5.41, 5.74) is -0.129. The van der Waals surface area contributed by atoms with Crippen molar-refractivity contribution >= 4 is 19.2 Å². The molecule has 1 aromatic carbocycles. The topological polar surface area (TPSA) is 35.5 Å². The van der Waals surface area contributed by atoms with E-state index in [9.17, 15) is 4.57 Å². The summed E-state index contributed by atoms with van der Waals surface area (Å²) in [5.74, 6) is 0.523. The lowest BCUT2D eigenvalue weighted by Gasteiger charge is -2.17. The summed E-state index contributed by atoms with van der Waals surface area (Å²) in [6.07, 6.45) is 4.28. The van der Waals surface area contributed by atoms with Gasteiger partial charge in [0, 0.05) is 0 Å². The second-order valence-electron chi connectivity index (χ2n) is 4.03. The quantitative estimate of drug-likeness (QED) is 0.362. The highest BCUT2D eigenvalue weighted by Gasteiger charge is 2.24. The number of benzene rings is 1. The van der Waals surface area contributed by atoms with E-state index in [1.54, 1.807) is 12.1 Å². The van der Waals surface area contributed by atoms with Gasteiger partial charge in [-0.05, 0) is 18.6 Å². The third kappa shape index (κ3) is 5.90. The zero-order valence-corrected chi connectivity index (χ0v) is 12.3. The Morgan fingerprint density at radius 1 is 1.17 bits per heavy atom. The van der Waals surface area contributed by atoms with Crippen LogP contribution < -0.4 is 4.52 Å². The number of hydrogen-bond acceptors (Lipinski definition) is 3. The fraction of sp³-hybridized carbons (Fsp3) is 0.538. The van der Waals surface area contributed by atoms with Crippen molar-refractivity contribution in [1.82, 2.24) is 0 Å². The number of halogens is 1. The summed E-state index contributed by atoms with van der Waals surface area (Å²) in [5, 5.41) is 0. The van der Waals surface area contributed by atoms with Gasteiger partial charge in [0.1, 0.15) is 11.4 Å². The standard InChI is InChI=1S/C13H20ClO3P/c1-2-3-4-8-11-16-18(15,12-14)17-13-9-6-5-7-10-13/h5-7,9-10H,2-4,8,11-12H2,1H3/t18-/m0/s1. The van der Waals surface area contributed by atoms with Gasteiger partial charge in [0.25, 0.3) is 0 Å². The van der Waals surface area contributed by atoms with E-state index in [1.807, 2.05) is 18.2 Å². The molecule has 18 heavy (non-hydrogen) atoms. The van der Waals surface area contributed by atoms with Crippen LogP contribution in [0.2, 0.25) is 0 Å². The molecule has 0 aliphatic heterocycles. The van der Waals surface area contributed by atoms with Crippen LogP contribution in [-0.2, 0) is 9.09 Å². The largest absolute Gasteiger partial charge is 0.424 e. The third-order valence-corrected chi connectivity index (χ3v) is 4.66. The van der Waals surface area contributed by atoms with Crippen molar-refractivity contribution < 1.29 is 13.6 Å². The molecule has 0 unspecified atom stereocenters. The molecule has 0 N–H and O–H groups in total. The van der Waals surface area contributed by atoms with E-state index in [2.05, 4.69) is 6.92 Å². The Morgan fingerprint density at radius 2 is 1.89 bits per heavy atom. The molecule has 0 aliphatic rings. The summed E-state index contributed by atoms with van der Waals surface area (Å²) in [6, 6.07) is 8.97. The van der Waals surface area contributed by atoms with Gasteiger partial charge in [-0.1, -0.05) is 44.4 Å². The zero-order valence-electron chi connectivity index (χ0n) is 10.7. The van der Waals surface area contributed by atoms with Crippen molar-refractivity contribution in [2.45, 2.75) is 32.6 Å². The second-order valence-corrected chi connectivity index (χ2v) is 6.65. The highest BCUT2D eigenvalue weighted by molar-refractivity contribution is 7.56. The van der Waals surface area contributed by atoms with E-state index in [1.165, 1.54) is 0 Å². The van der Waals surface area contributed by atoms with Gasteiger partial charge in [0.15, 0.2) is 0 Å². The van der Waals surface area contributed by atoms with Crippen LogP contribution in [0.4, 0.5) is 0 Å². The molecular formula is C13H20ClO3P. The maximum absolute atomic E-state index is 12.2. The molecular weight excluding hydrogens is 271 g/mol. The molecule has 5 heteroatoms. The molecule has 0 amide bonds. The number of hydrogen-bond donors (Lipinski definition) is 0. The maximum Gasteiger partial charge on any atom is 0.393 e. The fourth-order valence-electron chi connectivity index (χ4n) is 1.46. The average molecular weight is 291 g/mol. The molecule has 1 atom stereocenters. The van der Waals surface area contributed by atoms with Crippen LogP contribution in [0.1, 0.15) is 32.6 Å². The van der Waals surface area contributed by atoms with Gasteiger partial charge in [0.05, 0.1) is 6.61 Å². The van der Waals surface area contributed by atoms with E-state index >= 15 is 0 Å². The monoisotopic (exact) mass is 290 g/mol. The van der Waals surface area contributed by atoms with E-state index in [0.29, 0.717) is 12.4 Å². The Balaban J connectivity index is 2.40.